The quantitative estimate of drug-likeness (QED) is 0.469. The van der Waals surface area contributed by atoms with Gasteiger partial charge in [0.15, 0.2) is 6.04 Å². The Labute approximate surface area is 83.8 Å². The average Bonchev–Trinajstić information content (AvgIpc) is 2.15. The summed E-state index contributed by atoms with van der Waals surface area (Å²) < 4.78 is 0. The van der Waals surface area contributed by atoms with Crippen molar-refractivity contribution in [2.75, 3.05) is 5.75 Å². The zero-order chi connectivity index (χ0) is 10.3. The molecule has 2 aliphatic heterocycles. The van der Waals surface area contributed by atoms with E-state index in [9.17, 15) is 14.4 Å². The summed E-state index contributed by atoms with van der Waals surface area (Å²) in [4.78, 5) is 33.7. The first-order valence-electron chi connectivity index (χ1n) is 4.04. The molecule has 2 aliphatic rings. The van der Waals surface area contributed by atoms with E-state index in [1.807, 2.05) is 0 Å². The van der Waals surface area contributed by atoms with Crippen LogP contribution in [-0.2, 0) is 14.4 Å². The molecule has 2 heterocycles. The van der Waals surface area contributed by atoms with Crippen LogP contribution in [0.5, 0.6) is 0 Å². The second kappa shape index (κ2) is 3.15. The molecule has 5 nitrogen and oxygen atoms in total. The van der Waals surface area contributed by atoms with Crippen molar-refractivity contribution in [3.63, 3.8) is 0 Å². The molecule has 1 amide bonds. The Morgan fingerprint density at radius 1 is 1.64 bits per heavy atom. The highest BCUT2D eigenvalue weighted by molar-refractivity contribution is 8.00. The van der Waals surface area contributed by atoms with Crippen molar-refractivity contribution in [2.45, 2.75) is 17.8 Å². The standard InChI is InChI=1S/C8H7NO4S/c10-2-4-3-14-6-1-5(11)9(6)7(4)8(12)13/h6-7H,1,3H2,(H,12,13)/t6-,7?/m1/s1. The summed E-state index contributed by atoms with van der Waals surface area (Å²) in [6.45, 7) is 0. The van der Waals surface area contributed by atoms with Gasteiger partial charge in [-0.2, -0.15) is 0 Å². The van der Waals surface area contributed by atoms with Gasteiger partial charge in [-0.15, -0.1) is 11.8 Å². The van der Waals surface area contributed by atoms with Crippen molar-refractivity contribution in [1.29, 1.82) is 0 Å². The van der Waals surface area contributed by atoms with Crippen LogP contribution in [0.4, 0.5) is 0 Å². The first kappa shape index (κ1) is 9.30. The molecule has 0 aliphatic carbocycles. The zero-order valence-corrected chi connectivity index (χ0v) is 7.91. The van der Waals surface area contributed by atoms with Crippen LogP contribution >= 0.6 is 11.8 Å². The van der Waals surface area contributed by atoms with Crippen molar-refractivity contribution in [1.82, 2.24) is 4.90 Å². The number of carboxylic acid groups (broad SMARTS) is 1. The molecular weight excluding hydrogens is 206 g/mol. The third-order valence-electron chi connectivity index (χ3n) is 2.35. The summed E-state index contributed by atoms with van der Waals surface area (Å²) in [7, 11) is 0. The fourth-order valence-corrected chi connectivity index (χ4v) is 2.89. The Hall–Kier alpha value is -1.26. The van der Waals surface area contributed by atoms with Crippen LogP contribution in [0, 0.1) is 0 Å². The van der Waals surface area contributed by atoms with E-state index in [0.717, 1.165) is 0 Å². The molecule has 6 heteroatoms. The highest BCUT2D eigenvalue weighted by Gasteiger charge is 2.49. The van der Waals surface area contributed by atoms with Gasteiger partial charge >= 0.3 is 5.97 Å². The van der Waals surface area contributed by atoms with Gasteiger partial charge in [0.1, 0.15) is 5.94 Å². The van der Waals surface area contributed by atoms with Crippen LogP contribution in [0.15, 0.2) is 5.57 Å². The van der Waals surface area contributed by atoms with Crippen LogP contribution < -0.4 is 0 Å². The van der Waals surface area contributed by atoms with Crippen molar-refractivity contribution >= 4 is 29.6 Å². The molecule has 2 rings (SSSR count). The summed E-state index contributed by atoms with van der Waals surface area (Å²) in [5, 5.41) is 8.81. The molecule has 0 aromatic heterocycles. The van der Waals surface area contributed by atoms with E-state index in [1.165, 1.54) is 16.7 Å². The third kappa shape index (κ3) is 1.15. The predicted molar refractivity (Wildman–Crippen MR) is 48.3 cm³/mol. The summed E-state index contributed by atoms with van der Waals surface area (Å²) in [6.07, 6.45) is 0.376. The fourth-order valence-electron chi connectivity index (χ4n) is 1.64. The number of aliphatic carboxylic acids is 1. The number of carbonyl (C=O) groups excluding carboxylic acids is 2. The highest BCUT2D eigenvalue weighted by Crippen LogP contribution is 2.39. The Balaban J connectivity index is 2.32. The van der Waals surface area contributed by atoms with Gasteiger partial charge in [0, 0.05) is 5.75 Å². The fraction of sp³-hybridized carbons (Fsp3) is 0.500. The molecular formula is C8H7NO4S. The minimum atomic E-state index is -1.15. The lowest BCUT2D eigenvalue weighted by Crippen LogP contribution is -2.61. The maximum absolute atomic E-state index is 11.1. The number of hydrogen-bond acceptors (Lipinski definition) is 4. The minimum absolute atomic E-state index is 0.0688. The van der Waals surface area contributed by atoms with Crippen molar-refractivity contribution in [2.24, 2.45) is 0 Å². The summed E-state index contributed by atoms with van der Waals surface area (Å²) in [5.74, 6) is 0.611. The first-order valence-corrected chi connectivity index (χ1v) is 5.09. The summed E-state index contributed by atoms with van der Waals surface area (Å²) >= 11 is 1.41. The molecule has 0 spiro atoms. The second-order valence-electron chi connectivity index (χ2n) is 3.14. The van der Waals surface area contributed by atoms with Crippen LogP contribution in [0.1, 0.15) is 6.42 Å². The molecule has 0 radical (unpaired) electrons. The van der Waals surface area contributed by atoms with E-state index in [-0.39, 0.29) is 16.9 Å². The predicted octanol–water partition coefficient (Wildman–Crippen LogP) is -0.497. The van der Waals surface area contributed by atoms with E-state index in [1.54, 1.807) is 5.94 Å². The number of hydrogen-bond donors (Lipinski definition) is 1. The zero-order valence-electron chi connectivity index (χ0n) is 7.10. The number of carboxylic acids is 1. The van der Waals surface area contributed by atoms with Crippen LogP contribution in [0.3, 0.4) is 0 Å². The maximum Gasteiger partial charge on any atom is 0.331 e. The van der Waals surface area contributed by atoms with Gasteiger partial charge in [-0.25, -0.2) is 9.59 Å². The van der Waals surface area contributed by atoms with Gasteiger partial charge in [0.2, 0.25) is 5.91 Å². The minimum Gasteiger partial charge on any atom is -0.479 e. The Bertz CT molecular complexity index is 360. The summed E-state index contributed by atoms with van der Waals surface area (Å²) in [5.41, 5.74) is 0.145. The lowest BCUT2D eigenvalue weighted by atomic mass is 10.0. The van der Waals surface area contributed by atoms with Gasteiger partial charge in [-0.3, -0.25) is 4.79 Å². The maximum atomic E-state index is 11.1. The molecule has 0 aromatic rings. The average molecular weight is 213 g/mol. The molecule has 1 unspecified atom stereocenters. The number of thioether (sulfide) groups is 1. The number of rotatable bonds is 1. The SMILES string of the molecule is O=C=C1CS[C@@H]2CC(=O)N2C1C(=O)O. The molecule has 2 atom stereocenters. The van der Waals surface area contributed by atoms with Gasteiger partial charge in [-0.05, 0) is 0 Å². The van der Waals surface area contributed by atoms with Crippen LogP contribution in [0.25, 0.3) is 0 Å². The molecule has 14 heavy (non-hydrogen) atoms. The lowest BCUT2D eigenvalue weighted by Gasteiger charge is -2.46. The molecule has 74 valence electrons. The van der Waals surface area contributed by atoms with Gasteiger partial charge in [-0.1, -0.05) is 0 Å². The molecule has 1 N–H and O–H groups in total. The number of fused-ring (bicyclic) bond motifs is 1. The number of nitrogens with zero attached hydrogens (tertiary/aromatic N) is 1. The smallest absolute Gasteiger partial charge is 0.331 e. The van der Waals surface area contributed by atoms with E-state index < -0.39 is 12.0 Å². The van der Waals surface area contributed by atoms with Crippen LogP contribution in [-0.4, -0.2) is 45.0 Å². The lowest BCUT2D eigenvalue weighted by molar-refractivity contribution is -0.156. The monoisotopic (exact) mass is 213 g/mol. The highest BCUT2D eigenvalue weighted by atomic mass is 32.2. The topological polar surface area (TPSA) is 74.7 Å². The van der Waals surface area contributed by atoms with Crippen molar-refractivity contribution in [3.8, 4) is 0 Å². The normalized spacial score (nSPS) is 30.4. The van der Waals surface area contributed by atoms with Crippen molar-refractivity contribution in [3.05, 3.63) is 5.57 Å². The summed E-state index contributed by atoms with van der Waals surface area (Å²) in [6, 6.07) is -1.08. The number of β-lactam (4-membered cyclic amide) rings is 1. The van der Waals surface area contributed by atoms with E-state index in [0.29, 0.717) is 12.2 Å². The first-order chi connectivity index (χ1) is 6.65. The Kier molecular flexibility index (Phi) is 2.09. The Morgan fingerprint density at radius 3 is 2.86 bits per heavy atom. The second-order valence-corrected chi connectivity index (χ2v) is 4.31. The molecule has 2 fully saturated rings. The molecule has 0 aromatic carbocycles. The van der Waals surface area contributed by atoms with E-state index >= 15 is 0 Å². The van der Waals surface area contributed by atoms with Gasteiger partial charge < -0.3 is 10.0 Å². The van der Waals surface area contributed by atoms with Gasteiger partial charge in [0.05, 0.1) is 17.4 Å². The van der Waals surface area contributed by atoms with Crippen molar-refractivity contribution < 1.29 is 19.5 Å². The number of carbonyl (C=O) groups is 2. The third-order valence-corrected chi connectivity index (χ3v) is 3.61. The van der Waals surface area contributed by atoms with Crippen LogP contribution in [0.2, 0.25) is 0 Å². The van der Waals surface area contributed by atoms with Gasteiger partial charge in [0.25, 0.3) is 0 Å². The number of amides is 1. The molecule has 0 bridgehead atoms. The van der Waals surface area contributed by atoms with E-state index in [4.69, 9.17) is 5.11 Å². The largest absolute Gasteiger partial charge is 0.479 e. The molecule has 2 saturated heterocycles. The molecule has 0 saturated carbocycles. The van der Waals surface area contributed by atoms with E-state index in [2.05, 4.69) is 0 Å². The Morgan fingerprint density at radius 2 is 2.36 bits per heavy atom.